The third-order valence-electron chi connectivity index (χ3n) is 3.27. The molecule has 102 valence electrons. The first-order valence-corrected chi connectivity index (χ1v) is 6.76. The number of hydrogen-bond donors (Lipinski definition) is 1. The zero-order valence-corrected chi connectivity index (χ0v) is 11.7. The predicted molar refractivity (Wildman–Crippen MR) is 77.5 cm³/mol. The lowest BCUT2D eigenvalue weighted by Crippen LogP contribution is -2.20. The SMILES string of the molecule is O=C1OC(C(O)c2ccc3ccccc3c2)C(Cl)=C1Cl. The molecule has 3 nitrogen and oxygen atoms in total. The maximum atomic E-state index is 11.3. The van der Waals surface area contributed by atoms with Crippen LogP contribution >= 0.6 is 23.2 Å². The highest BCUT2D eigenvalue weighted by atomic mass is 35.5. The number of carbonyl (C=O) groups is 1. The summed E-state index contributed by atoms with van der Waals surface area (Å²) in [5.74, 6) is -0.707. The molecule has 2 unspecified atom stereocenters. The number of cyclic esters (lactones) is 1. The topological polar surface area (TPSA) is 46.5 Å². The minimum Gasteiger partial charge on any atom is -0.449 e. The molecule has 1 heterocycles. The number of hydrogen-bond acceptors (Lipinski definition) is 3. The quantitative estimate of drug-likeness (QED) is 0.864. The van der Waals surface area contributed by atoms with Crippen molar-refractivity contribution in [2.24, 2.45) is 0 Å². The number of aliphatic hydroxyl groups excluding tert-OH is 1. The molecule has 0 spiro atoms. The van der Waals surface area contributed by atoms with Crippen molar-refractivity contribution in [2.75, 3.05) is 0 Å². The first kappa shape index (κ1) is 13.4. The van der Waals surface area contributed by atoms with Crippen LogP contribution in [0.15, 0.2) is 52.5 Å². The van der Waals surface area contributed by atoms with Crippen LogP contribution in [0.4, 0.5) is 0 Å². The van der Waals surface area contributed by atoms with Crippen molar-refractivity contribution in [1.82, 2.24) is 0 Å². The standard InChI is InChI=1S/C15H10Cl2O3/c16-11-12(17)15(19)20-14(11)13(18)10-6-5-8-3-1-2-4-9(8)7-10/h1-7,13-14,18H. The summed E-state index contributed by atoms with van der Waals surface area (Å²) in [5, 5.41) is 12.2. The molecule has 0 bridgehead atoms. The zero-order chi connectivity index (χ0) is 14.3. The molecule has 0 radical (unpaired) electrons. The Kier molecular flexibility index (Phi) is 3.42. The summed E-state index contributed by atoms with van der Waals surface area (Å²) in [5.41, 5.74) is 0.617. The van der Waals surface area contributed by atoms with E-state index in [1.807, 2.05) is 36.4 Å². The van der Waals surface area contributed by atoms with Gasteiger partial charge in [0.05, 0.1) is 5.03 Å². The van der Waals surface area contributed by atoms with Crippen molar-refractivity contribution in [3.05, 3.63) is 58.1 Å². The molecule has 2 aromatic carbocycles. The number of halogens is 2. The van der Waals surface area contributed by atoms with Crippen LogP contribution < -0.4 is 0 Å². The van der Waals surface area contributed by atoms with Crippen LogP contribution in [0.1, 0.15) is 11.7 Å². The number of ether oxygens (including phenoxy) is 1. The van der Waals surface area contributed by atoms with Gasteiger partial charge in [-0.3, -0.25) is 0 Å². The summed E-state index contributed by atoms with van der Waals surface area (Å²) in [6.07, 6.45) is -2.00. The van der Waals surface area contributed by atoms with Gasteiger partial charge < -0.3 is 9.84 Å². The molecule has 2 aromatic rings. The van der Waals surface area contributed by atoms with Gasteiger partial charge in [-0.1, -0.05) is 59.6 Å². The lowest BCUT2D eigenvalue weighted by Gasteiger charge is -2.18. The van der Waals surface area contributed by atoms with E-state index < -0.39 is 18.2 Å². The van der Waals surface area contributed by atoms with Crippen molar-refractivity contribution in [3.8, 4) is 0 Å². The molecule has 0 amide bonds. The second-order valence-electron chi connectivity index (χ2n) is 4.54. The summed E-state index contributed by atoms with van der Waals surface area (Å²) in [6, 6.07) is 13.3. The molecule has 0 aromatic heterocycles. The maximum absolute atomic E-state index is 11.3. The van der Waals surface area contributed by atoms with E-state index in [9.17, 15) is 9.90 Å². The zero-order valence-electron chi connectivity index (χ0n) is 10.2. The van der Waals surface area contributed by atoms with Gasteiger partial charge >= 0.3 is 5.97 Å². The number of aliphatic hydroxyl groups is 1. The molecular formula is C15H10Cl2O3. The molecule has 0 saturated carbocycles. The normalized spacial score (nSPS) is 20.4. The van der Waals surface area contributed by atoms with Gasteiger partial charge in [-0.2, -0.15) is 0 Å². The van der Waals surface area contributed by atoms with E-state index in [-0.39, 0.29) is 10.1 Å². The molecule has 1 aliphatic rings. The highest BCUT2D eigenvalue weighted by Crippen LogP contribution is 2.36. The average molecular weight is 309 g/mol. The predicted octanol–water partition coefficient (Wildman–Crippen LogP) is 3.49. The highest BCUT2D eigenvalue weighted by molar-refractivity contribution is 6.48. The van der Waals surface area contributed by atoms with Gasteiger partial charge in [0.15, 0.2) is 6.10 Å². The van der Waals surface area contributed by atoms with Crippen molar-refractivity contribution in [3.63, 3.8) is 0 Å². The maximum Gasteiger partial charge on any atom is 0.351 e. The first-order valence-electron chi connectivity index (χ1n) is 6.01. The number of rotatable bonds is 2. The van der Waals surface area contributed by atoms with Crippen LogP contribution in [0.2, 0.25) is 0 Å². The summed E-state index contributed by atoms with van der Waals surface area (Å²) < 4.78 is 4.99. The Morgan fingerprint density at radius 2 is 1.80 bits per heavy atom. The number of benzene rings is 2. The number of carbonyl (C=O) groups excluding carboxylic acids is 1. The molecular weight excluding hydrogens is 299 g/mol. The molecule has 0 fully saturated rings. The second kappa shape index (κ2) is 5.09. The van der Waals surface area contributed by atoms with E-state index in [2.05, 4.69) is 0 Å². The first-order chi connectivity index (χ1) is 9.58. The van der Waals surface area contributed by atoms with Crippen molar-refractivity contribution in [2.45, 2.75) is 12.2 Å². The fourth-order valence-electron chi connectivity index (χ4n) is 2.21. The minimum atomic E-state index is -1.05. The van der Waals surface area contributed by atoms with Crippen molar-refractivity contribution >= 4 is 39.9 Å². The lowest BCUT2D eigenvalue weighted by molar-refractivity contribution is -0.143. The number of fused-ring (bicyclic) bond motifs is 1. The van der Waals surface area contributed by atoms with E-state index in [1.54, 1.807) is 6.07 Å². The van der Waals surface area contributed by atoms with Crippen LogP contribution in [-0.2, 0) is 9.53 Å². The van der Waals surface area contributed by atoms with Crippen LogP contribution in [0.5, 0.6) is 0 Å². The monoisotopic (exact) mass is 308 g/mol. The molecule has 3 rings (SSSR count). The fourth-order valence-corrected chi connectivity index (χ4v) is 2.60. The Hall–Kier alpha value is -1.55. The van der Waals surface area contributed by atoms with Gasteiger partial charge in [-0.15, -0.1) is 0 Å². The Balaban J connectivity index is 1.97. The molecule has 1 N–H and O–H groups in total. The summed E-state index contributed by atoms with van der Waals surface area (Å²) >= 11 is 11.6. The van der Waals surface area contributed by atoms with Gasteiger partial charge in [0.25, 0.3) is 0 Å². The molecule has 0 saturated heterocycles. The third kappa shape index (κ3) is 2.18. The number of esters is 1. The molecule has 5 heteroatoms. The van der Waals surface area contributed by atoms with Gasteiger partial charge in [0.2, 0.25) is 0 Å². The van der Waals surface area contributed by atoms with Crippen LogP contribution in [-0.4, -0.2) is 17.2 Å². The largest absolute Gasteiger partial charge is 0.449 e. The van der Waals surface area contributed by atoms with Gasteiger partial charge in [0, 0.05) is 0 Å². The summed E-state index contributed by atoms with van der Waals surface area (Å²) in [7, 11) is 0. The highest BCUT2D eigenvalue weighted by Gasteiger charge is 2.37. The minimum absolute atomic E-state index is 0.0392. The smallest absolute Gasteiger partial charge is 0.351 e. The van der Waals surface area contributed by atoms with E-state index in [0.717, 1.165) is 10.8 Å². The second-order valence-corrected chi connectivity index (χ2v) is 5.32. The van der Waals surface area contributed by atoms with Crippen molar-refractivity contribution in [1.29, 1.82) is 0 Å². The van der Waals surface area contributed by atoms with E-state index in [4.69, 9.17) is 27.9 Å². The van der Waals surface area contributed by atoms with Crippen LogP contribution in [0, 0.1) is 0 Å². The average Bonchev–Trinajstić information content (AvgIpc) is 2.73. The fraction of sp³-hybridized carbons (Fsp3) is 0.133. The molecule has 20 heavy (non-hydrogen) atoms. The Bertz CT molecular complexity index is 724. The van der Waals surface area contributed by atoms with E-state index in [1.165, 1.54) is 0 Å². The Morgan fingerprint density at radius 3 is 2.45 bits per heavy atom. The summed E-state index contributed by atoms with van der Waals surface area (Å²) in [4.78, 5) is 11.3. The summed E-state index contributed by atoms with van der Waals surface area (Å²) in [6.45, 7) is 0. The molecule has 0 aliphatic carbocycles. The molecule has 1 aliphatic heterocycles. The van der Waals surface area contributed by atoms with Crippen LogP contribution in [0.3, 0.4) is 0 Å². The lowest BCUT2D eigenvalue weighted by atomic mass is 10.0. The van der Waals surface area contributed by atoms with Gasteiger partial charge in [-0.05, 0) is 22.4 Å². The van der Waals surface area contributed by atoms with Crippen molar-refractivity contribution < 1.29 is 14.6 Å². The van der Waals surface area contributed by atoms with E-state index >= 15 is 0 Å². The van der Waals surface area contributed by atoms with E-state index in [0.29, 0.717) is 5.56 Å². The van der Waals surface area contributed by atoms with Gasteiger partial charge in [-0.25, -0.2) is 4.79 Å². The third-order valence-corrected chi connectivity index (χ3v) is 4.13. The van der Waals surface area contributed by atoms with Crippen LogP contribution in [0.25, 0.3) is 10.8 Å². The Morgan fingerprint density at radius 1 is 1.10 bits per heavy atom. The van der Waals surface area contributed by atoms with Gasteiger partial charge in [0.1, 0.15) is 11.1 Å². The Labute approximate surface area is 125 Å². The molecule has 2 atom stereocenters.